The molecule has 3 aromatic carbocycles. The number of halogens is 2. The first kappa shape index (κ1) is 27.6. The average Bonchev–Trinajstić information content (AvgIpc) is 3.74. The maximum absolute atomic E-state index is 16.8. The van der Waals surface area contributed by atoms with Crippen LogP contribution in [0.15, 0.2) is 42.5 Å². The molecule has 8 rings (SSSR count). The molecule has 0 amide bonds. The zero-order chi connectivity index (χ0) is 29.2. The number of piperazine rings is 1. The van der Waals surface area contributed by atoms with Crippen molar-refractivity contribution in [3.8, 4) is 22.9 Å². The number of benzene rings is 3. The van der Waals surface area contributed by atoms with E-state index >= 15 is 4.39 Å². The number of phenols is 1. The Morgan fingerprint density at radius 1 is 1.14 bits per heavy atom. The zero-order valence-electron chi connectivity index (χ0n) is 24.3. The summed E-state index contributed by atoms with van der Waals surface area (Å²) in [7, 11) is 4.14. The first-order valence-corrected chi connectivity index (χ1v) is 15.3. The van der Waals surface area contributed by atoms with Crippen LogP contribution in [0.5, 0.6) is 11.8 Å². The monoisotopic (exact) mass is 589 g/mol. The van der Waals surface area contributed by atoms with Crippen LogP contribution in [0.2, 0.25) is 5.02 Å². The molecule has 3 aliphatic heterocycles. The van der Waals surface area contributed by atoms with Gasteiger partial charge in [0.2, 0.25) is 0 Å². The van der Waals surface area contributed by atoms with Crippen molar-refractivity contribution in [2.45, 2.75) is 57.2 Å². The van der Waals surface area contributed by atoms with Gasteiger partial charge in [-0.25, -0.2) is 4.39 Å². The van der Waals surface area contributed by atoms with E-state index in [1.165, 1.54) is 0 Å². The number of fused-ring (bicyclic) bond motifs is 5. The second kappa shape index (κ2) is 10.5. The number of nitrogens with one attached hydrogen (secondary N) is 1. The van der Waals surface area contributed by atoms with Gasteiger partial charge in [-0.05, 0) is 80.7 Å². The van der Waals surface area contributed by atoms with Crippen LogP contribution in [0.25, 0.3) is 32.8 Å². The Morgan fingerprint density at radius 3 is 2.69 bits per heavy atom. The molecule has 1 aliphatic carbocycles. The number of hydrogen-bond donors (Lipinski definition) is 2. The second-order valence-corrected chi connectivity index (χ2v) is 13.1. The van der Waals surface area contributed by atoms with Crippen molar-refractivity contribution in [1.29, 1.82) is 0 Å². The Kier molecular flexibility index (Phi) is 6.91. The number of piperidine rings is 2. The molecule has 0 unspecified atom stereocenters. The van der Waals surface area contributed by atoms with Crippen LogP contribution >= 0.6 is 11.6 Å². The molecular formula is C33H37ClFN5O2. The van der Waals surface area contributed by atoms with Gasteiger partial charge in [0, 0.05) is 47.6 Å². The number of aromatic hydroxyl groups is 1. The van der Waals surface area contributed by atoms with Gasteiger partial charge in [-0.3, -0.25) is 0 Å². The van der Waals surface area contributed by atoms with E-state index in [0.717, 1.165) is 56.0 Å². The highest BCUT2D eigenvalue weighted by molar-refractivity contribution is 6.35. The Morgan fingerprint density at radius 2 is 1.95 bits per heavy atom. The summed E-state index contributed by atoms with van der Waals surface area (Å²) in [6.07, 6.45) is 5.34. The minimum absolute atomic E-state index is 0.0461. The summed E-state index contributed by atoms with van der Waals surface area (Å²) < 4.78 is 23.1. The molecule has 1 saturated carbocycles. The maximum atomic E-state index is 16.8. The van der Waals surface area contributed by atoms with Crippen molar-refractivity contribution < 1.29 is 14.2 Å². The van der Waals surface area contributed by atoms with Gasteiger partial charge in [0.1, 0.15) is 17.1 Å². The van der Waals surface area contributed by atoms with Crippen LogP contribution in [-0.4, -0.2) is 71.9 Å². The molecule has 1 aromatic heterocycles. The van der Waals surface area contributed by atoms with Gasteiger partial charge in [-0.2, -0.15) is 9.97 Å². The lowest BCUT2D eigenvalue weighted by atomic mass is 9.85. The summed E-state index contributed by atoms with van der Waals surface area (Å²) in [6, 6.07) is 13.7. The summed E-state index contributed by atoms with van der Waals surface area (Å²) in [5, 5.41) is 16.7. The number of anilines is 1. The van der Waals surface area contributed by atoms with E-state index in [2.05, 4.69) is 41.1 Å². The van der Waals surface area contributed by atoms with E-state index < -0.39 is 5.82 Å². The van der Waals surface area contributed by atoms with Crippen LogP contribution in [0.3, 0.4) is 0 Å². The molecule has 4 fully saturated rings. The van der Waals surface area contributed by atoms with Crippen LogP contribution in [-0.2, 0) is 0 Å². The molecule has 0 spiro atoms. The fraction of sp³-hybridized carbons (Fsp3) is 0.455. The van der Waals surface area contributed by atoms with Crippen LogP contribution in [0, 0.1) is 11.2 Å². The number of nitrogens with zero attached hydrogens (tertiary/aromatic N) is 4. The lowest BCUT2D eigenvalue weighted by Crippen LogP contribution is -2.66. The van der Waals surface area contributed by atoms with Gasteiger partial charge in [0.15, 0.2) is 5.82 Å². The maximum Gasteiger partial charge on any atom is 0.319 e. The molecule has 42 heavy (non-hydrogen) atoms. The number of phenolic OH excluding ortho intramolecular Hbond substituents is 1. The summed E-state index contributed by atoms with van der Waals surface area (Å²) >= 11 is 6.92. The van der Waals surface area contributed by atoms with Gasteiger partial charge in [-0.15, -0.1) is 0 Å². The normalized spacial score (nSPS) is 22.8. The quantitative estimate of drug-likeness (QED) is 0.247. The summed E-state index contributed by atoms with van der Waals surface area (Å²) in [4.78, 5) is 14.1. The largest absolute Gasteiger partial charge is 0.508 e. The van der Waals surface area contributed by atoms with Crippen LogP contribution < -0.4 is 15.0 Å². The molecule has 220 valence electrons. The van der Waals surface area contributed by atoms with Crippen LogP contribution in [0.1, 0.15) is 39.0 Å². The van der Waals surface area contributed by atoms with E-state index in [-0.39, 0.29) is 39.3 Å². The Bertz CT molecular complexity index is 1680. The summed E-state index contributed by atoms with van der Waals surface area (Å²) in [6.45, 7) is 4.40. The standard InChI is InChI=1S/C33H37ClFN5O2/c1-4-26-27-10-9-20(36-26)16-40(27)31-24-15-25(34)28(23-14-21(41)13-19-7-5-6-8-22(19)23)29(35)30(24)37-32(38-31)42-18-33(11-12-33)17-39(2)3/h5-8,13-15,20,26-27,36,41H,4,9-12,16-18H2,1-3H3/t20-,26+,27-/m0/s1. The second-order valence-electron chi connectivity index (χ2n) is 12.7. The number of aromatic nitrogens is 2. The van der Waals surface area contributed by atoms with Crippen molar-refractivity contribution in [1.82, 2.24) is 20.2 Å². The first-order chi connectivity index (χ1) is 20.2. The van der Waals surface area contributed by atoms with E-state index in [4.69, 9.17) is 21.3 Å². The van der Waals surface area contributed by atoms with Gasteiger partial charge >= 0.3 is 6.01 Å². The SMILES string of the molecule is CC[C@H]1N[C@H]2CC[C@@H]1N(c1nc(OCC3(CN(C)C)CC3)nc3c(F)c(-c4cc(O)cc5ccccc45)c(Cl)cc13)C2. The molecule has 9 heteroatoms. The molecule has 0 radical (unpaired) electrons. The highest BCUT2D eigenvalue weighted by atomic mass is 35.5. The third-order valence-electron chi connectivity index (χ3n) is 9.33. The fourth-order valence-electron chi connectivity index (χ4n) is 7.20. The molecule has 3 atom stereocenters. The number of ether oxygens (including phenoxy) is 1. The fourth-order valence-corrected chi connectivity index (χ4v) is 7.49. The van der Waals surface area contributed by atoms with Gasteiger partial charge in [0.25, 0.3) is 0 Å². The molecular weight excluding hydrogens is 553 g/mol. The average molecular weight is 590 g/mol. The Hall–Kier alpha value is -3.20. The zero-order valence-corrected chi connectivity index (χ0v) is 25.1. The van der Waals surface area contributed by atoms with Crippen LogP contribution in [0.4, 0.5) is 10.2 Å². The predicted octanol–water partition coefficient (Wildman–Crippen LogP) is 6.39. The first-order valence-electron chi connectivity index (χ1n) is 15.0. The van der Waals surface area contributed by atoms with E-state index in [1.54, 1.807) is 18.2 Å². The highest BCUT2D eigenvalue weighted by Crippen LogP contribution is 2.47. The number of hydrogen-bond acceptors (Lipinski definition) is 7. The third-order valence-corrected chi connectivity index (χ3v) is 9.63. The van der Waals surface area contributed by atoms with Crippen molar-refractivity contribution in [2.75, 3.05) is 38.7 Å². The molecule has 2 N–H and O–H groups in total. The molecule has 7 nitrogen and oxygen atoms in total. The van der Waals surface area contributed by atoms with Gasteiger partial charge in [-0.1, -0.05) is 42.8 Å². The number of rotatable bonds is 8. The summed E-state index contributed by atoms with van der Waals surface area (Å²) in [5.41, 5.74) is 0.995. The van der Waals surface area contributed by atoms with Crippen molar-refractivity contribution in [2.24, 2.45) is 5.41 Å². The molecule has 2 bridgehead atoms. The van der Waals surface area contributed by atoms with Crippen molar-refractivity contribution >= 4 is 39.1 Å². The van der Waals surface area contributed by atoms with Gasteiger partial charge < -0.3 is 25.0 Å². The van der Waals surface area contributed by atoms with Gasteiger partial charge in [0.05, 0.1) is 11.6 Å². The minimum atomic E-state index is -0.538. The van der Waals surface area contributed by atoms with E-state index in [1.807, 2.05) is 24.3 Å². The highest BCUT2D eigenvalue weighted by Gasteiger charge is 2.44. The molecule has 4 aliphatic rings. The lowest BCUT2D eigenvalue weighted by molar-refractivity contribution is 0.182. The van der Waals surface area contributed by atoms with Crippen molar-refractivity contribution in [3.63, 3.8) is 0 Å². The topological polar surface area (TPSA) is 73.8 Å². The lowest BCUT2D eigenvalue weighted by Gasteiger charge is -2.51. The Labute approximate surface area is 250 Å². The Balaban J connectivity index is 1.39. The molecule has 3 saturated heterocycles. The third kappa shape index (κ3) is 4.83. The van der Waals surface area contributed by atoms with Crippen molar-refractivity contribution in [3.05, 3.63) is 53.3 Å². The molecule has 4 heterocycles. The summed E-state index contributed by atoms with van der Waals surface area (Å²) in [5.74, 6) is 0.184. The molecule has 4 aromatic rings. The van der Waals surface area contributed by atoms with E-state index in [0.29, 0.717) is 35.5 Å². The predicted molar refractivity (Wildman–Crippen MR) is 166 cm³/mol. The van der Waals surface area contributed by atoms with E-state index in [9.17, 15) is 5.11 Å². The minimum Gasteiger partial charge on any atom is -0.508 e. The smallest absolute Gasteiger partial charge is 0.319 e.